The fourth-order valence-corrected chi connectivity index (χ4v) is 4.23. The summed E-state index contributed by atoms with van der Waals surface area (Å²) in [5, 5.41) is 6.35. The second kappa shape index (κ2) is 11.8. The molecule has 2 heterocycles. The minimum Gasteiger partial charge on any atom is -0.368 e. The summed E-state index contributed by atoms with van der Waals surface area (Å²) in [6.07, 6.45) is 1.58. The van der Waals surface area contributed by atoms with Gasteiger partial charge in [0.2, 0.25) is 5.95 Å². The van der Waals surface area contributed by atoms with Gasteiger partial charge in [0, 0.05) is 46.0 Å². The van der Waals surface area contributed by atoms with Crippen molar-refractivity contribution in [3.05, 3.63) is 83.0 Å². The summed E-state index contributed by atoms with van der Waals surface area (Å²) >= 11 is 0. The lowest BCUT2D eigenvalue weighted by atomic mass is 10.1. The molecule has 1 unspecified atom stereocenters. The van der Waals surface area contributed by atoms with E-state index in [1.165, 1.54) is 0 Å². The predicted octanol–water partition coefficient (Wildman–Crippen LogP) is 3.48. The zero-order chi connectivity index (χ0) is 24.6. The third-order valence-corrected chi connectivity index (χ3v) is 6.17. The number of nitrogens with zero attached hydrogens (tertiary/aromatic N) is 4. The molecule has 0 radical (unpaired) electrons. The number of amides is 1. The van der Waals surface area contributed by atoms with Crippen LogP contribution in [0.25, 0.3) is 0 Å². The maximum absolute atomic E-state index is 13.5. The van der Waals surface area contributed by atoms with Crippen LogP contribution in [0.3, 0.4) is 0 Å². The van der Waals surface area contributed by atoms with E-state index in [1.54, 1.807) is 6.20 Å². The molecule has 0 spiro atoms. The second-order valence-electron chi connectivity index (χ2n) is 8.65. The number of hydrogen-bond donors (Lipinski definition) is 2. The summed E-state index contributed by atoms with van der Waals surface area (Å²) in [5.74, 6) is 1.15. The monoisotopic (exact) mass is 474 g/mol. The summed E-state index contributed by atoms with van der Waals surface area (Å²) in [7, 11) is 3.89. The van der Waals surface area contributed by atoms with E-state index in [0.717, 1.165) is 29.8 Å². The molecule has 2 N–H and O–H groups in total. The molecular formula is C27H34N6O2. The number of hydrogen-bond acceptors (Lipinski definition) is 7. The Balaban J connectivity index is 1.51. The molecule has 1 aliphatic heterocycles. The molecule has 3 aromatic rings. The summed E-state index contributed by atoms with van der Waals surface area (Å²) in [6.45, 7) is 5.69. The Morgan fingerprint density at radius 2 is 1.80 bits per heavy atom. The maximum Gasteiger partial charge on any atom is 0.259 e. The van der Waals surface area contributed by atoms with Crippen LogP contribution in [-0.2, 0) is 17.9 Å². The van der Waals surface area contributed by atoms with Crippen LogP contribution in [0.4, 0.5) is 11.8 Å². The average molecular weight is 475 g/mol. The lowest BCUT2D eigenvalue weighted by molar-refractivity contribution is 0.0402. The van der Waals surface area contributed by atoms with Gasteiger partial charge in [0.1, 0.15) is 11.4 Å². The number of anilines is 2. The molecule has 1 atom stereocenters. The van der Waals surface area contributed by atoms with Crippen LogP contribution in [0, 0.1) is 0 Å². The number of carbonyl (C=O) groups is 1. The lowest BCUT2D eigenvalue weighted by Gasteiger charge is -2.23. The SMILES string of the molecule is CCNc1ncc2c(n1)N(C)CCN(Cc1ccccc1COC(CNC)c1ccccc1)C2=O. The van der Waals surface area contributed by atoms with Gasteiger partial charge in [-0.05, 0) is 30.7 Å². The molecule has 1 amide bonds. The van der Waals surface area contributed by atoms with Gasteiger partial charge < -0.3 is 25.2 Å². The Bertz CT molecular complexity index is 1120. The maximum atomic E-state index is 13.5. The average Bonchev–Trinajstić information content (AvgIpc) is 3.00. The molecule has 8 heteroatoms. The van der Waals surface area contributed by atoms with Crippen molar-refractivity contribution in [2.24, 2.45) is 0 Å². The highest BCUT2D eigenvalue weighted by Gasteiger charge is 2.27. The van der Waals surface area contributed by atoms with E-state index < -0.39 is 0 Å². The summed E-state index contributed by atoms with van der Waals surface area (Å²) in [5.41, 5.74) is 3.82. The van der Waals surface area contributed by atoms with Crippen molar-refractivity contribution in [1.29, 1.82) is 0 Å². The van der Waals surface area contributed by atoms with Gasteiger partial charge in [-0.15, -0.1) is 0 Å². The van der Waals surface area contributed by atoms with E-state index in [0.29, 0.717) is 43.6 Å². The summed E-state index contributed by atoms with van der Waals surface area (Å²) in [4.78, 5) is 26.3. The molecule has 4 rings (SSSR count). The Hall–Kier alpha value is -3.49. The van der Waals surface area contributed by atoms with Gasteiger partial charge in [0.25, 0.3) is 5.91 Å². The van der Waals surface area contributed by atoms with Crippen LogP contribution >= 0.6 is 0 Å². The zero-order valence-electron chi connectivity index (χ0n) is 20.7. The van der Waals surface area contributed by atoms with Gasteiger partial charge in [0.15, 0.2) is 0 Å². The van der Waals surface area contributed by atoms with Crippen LogP contribution < -0.4 is 15.5 Å². The van der Waals surface area contributed by atoms with Crippen molar-refractivity contribution >= 4 is 17.7 Å². The first-order chi connectivity index (χ1) is 17.1. The summed E-state index contributed by atoms with van der Waals surface area (Å²) < 4.78 is 6.34. The first kappa shape index (κ1) is 24.6. The van der Waals surface area contributed by atoms with Gasteiger partial charge in [-0.1, -0.05) is 54.6 Å². The normalized spacial score (nSPS) is 14.4. The third-order valence-electron chi connectivity index (χ3n) is 6.17. The standard InChI is InChI=1S/C27H34N6O2/c1-4-29-27-30-16-23-25(31-27)32(3)14-15-33(26(23)34)18-21-12-8-9-13-22(21)19-35-24(17-28-2)20-10-6-5-7-11-20/h5-13,16,24,28H,4,14-15,17-19H2,1-3H3,(H,29,30,31). The van der Waals surface area contributed by atoms with Gasteiger partial charge in [0.05, 0.1) is 12.7 Å². The molecule has 35 heavy (non-hydrogen) atoms. The van der Waals surface area contributed by atoms with Gasteiger partial charge in [-0.2, -0.15) is 4.98 Å². The van der Waals surface area contributed by atoms with E-state index in [1.807, 2.05) is 61.2 Å². The number of benzene rings is 2. The molecule has 1 aliphatic rings. The van der Waals surface area contributed by atoms with Crippen LogP contribution in [-0.4, -0.2) is 61.0 Å². The van der Waals surface area contributed by atoms with E-state index in [9.17, 15) is 4.79 Å². The van der Waals surface area contributed by atoms with Gasteiger partial charge in [-0.3, -0.25) is 4.79 Å². The van der Waals surface area contributed by atoms with Crippen LogP contribution in [0.5, 0.6) is 0 Å². The Morgan fingerprint density at radius 1 is 1.06 bits per heavy atom. The predicted molar refractivity (Wildman–Crippen MR) is 139 cm³/mol. The van der Waals surface area contributed by atoms with Gasteiger partial charge >= 0.3 is 0 Å². The van der Waals surface area contributed by atoms with Crippen molar-refractivity contribution in [3.63, 3.8) is 0 Å². The Labute approximate surface area is 207 Å². The van der Waals surface area contributed by atoms with E-state index in [2.05, 4.69) is 44.9 Å². The largest absolute Gasteiger partial charge is 0.368 e. The van der Waals surface area contributed by atoms with Crippen molar-refractivity contribution < 1.29 is 9.53 Å². The second-order valence-corrected chi connectivity index (χ2v) is 8.65. The smallest absolute Gasteiger partial charge is 0.259 e. The highest BCUT2D eigenvalue weighted by atomic mass is 16.5. The first-order valence-corrected chi connectivity index (χ1v) is 12.1. The number of fused-ring (bicyclic) bond motifs is 1. The van der Waals surface area contributed by atoms with Crippen LogP contribution in [0.2, 0.25) is 0 Å². The minimum atomic E-state index is -0.0577. The van der Waals surface area contributed by atoms with Crippen molar-refractivity contribution in [2.75, 3.05) is 50.5 Å². The molecule has 0 saturated carbocycles. The molecule has 0 bridgehead atoms. The molecule has 184 valence electrons. The van der Waals surface area contributed by atoms with Crippen molar-refractivity contribution in [2.45, 2.75) is 26.2 Å². The molecule has 0 aliphatic carbocycles. The van der Waals surface area contributed by atoms with E-state index >= 15 is 0 Å². The van der Waals surface area contributed by atoms with E-state index in [-0.39, 0.29) is 12.0 Å². The Morgan fingerprint density at radius 3 is 2.54 bits per heavy atom. The number of aromatic nitrogens is 2. The highest BCUT2D eigenvalue weighted by molar-refractivity contribution is 5.99. The number of carbonyl (C=O) groups excluding carboxylic acids is 1. The number of ether oxygens (including phenoxy) is 1. The third kappa shape index (κ3) is 5.96. The fraction of sp³-hybridized carbons (Fsp3) is 0.370. The summed E-state index contributed by atoms with van der Waals surface area (Å²) in [6, 6.07) is 18.4. The van der Waals surface area contributed by atoms with E-state index in [4.69, 9.17) is 4.74 Å². The molecule has 0 fully saturated rings. The van der Waals surface area contributed by atoms with Crippen molar-refractivity contribution in [3.8, 4) is 0 Å². The minimum absolute atomic E-state index is 0.0551. The number of likely N-dealkylation sites (N-methyl/N-ethyl adjacent to an activating group) is 2. The fourth-order valence-electron chi connectivity index (χ4n) is 4.23. The molecule has 0 saturated heterocycles. The Kier molecular flexibility index (Phi) is 8.28. The number of rotatable bonds is 10. The molecule has 2 aromatic carbocycles. The first-order valence-electron chi connectivity index (χ1n) is 12.1. The number of nitrogens with one attached hydrogen (secondary N) is 2. The van der Waals surface area contributed by atoms with Crippen LogP contribution in [0.1, 0.15) is 40.1 Å². The van der Waals surface area contributed by atoms with Gasteiger partial charge in [-0.25, -0.2) is 4.98 Å². The molecule has 1 aromatic heterocycles. The van der Waals surface area contributed by atoms with Crippen molar-refractivity contribution in [1.82, 2.24) is 20.2 Å². The van der Waals surface area contributed by atoms with Crippen LogP contribution in [0.15, 0.2) is 60.8 Å². The molecule has 8 nitrogen and oxygen atoms in total. The topological polar surface area (TPSA) is 82.6 Å². The zero-order valence-corrected chi connectivity index (χ0v) is 20.7. The molecular weight excluding hydrogens is 440 g/mol. The highest BCUT2D eigenvalue weighted by Crippen LogP contribution is 2.25. The quantitative estimate of drug-likeness (QED) is 0.466. The lowest BCUT2D eigenvalue weighted by Crippen LogP contribution is -2.33.